The van der Waals surface area contributed by atoms with Crippen molar-refractivity contribution in [2.24, 2.45) is 5.90 Å². The number of carbonyl (C=O) groups is 2. The fourth-order valence-electron chi connectivity index (χ4n) is 0.334. The second-order valence-corrected chi connectivity index (χ2v) is 1.66. The van der Waals surface area contributed by atoms with E-state index >= 15 is 0 Å². The molecule has 0 rings (SSSR count). The first-order chi connectivity index (χ1) is 5.00. The predicted molar refractivity (Wildman–Crippen MR) is 45.4 cm³/mol. The van der Waals surface area contributed by atoms with Crippen molar-refractivity contribution in [3.05, 3.63) is 0 Å². The van der Waals surface area contributed by atoms with Crippen molar-refractivity contribution in [2.45, 2.75) is 12.2 Å². The third kappa shape index (κ3) is 6.77. The molecule has 2 atom stereocenters. The fourth-order valence-corrected chi connectivity index (χ4v) is 0.334. The topological polar surface area (TPSA) is 130 Å². The Hall–Kier alpha value is 0.746. The monoisotopic (exact) mass is 242 g/mol. The molecule has 9 heteroatoms. The van der Waals surface area contributed by atoms with Crippen LogP contribution in [0.2, 0.25) is 0 Å². The summed E-state index contributed by atoms with van der Waals surface area (Å²) in [5.41, 5.74) is 0. The molecule has 0 saturated carbocycles. The van der Waals surface area contributed by atoms with Gasteiger partial charge in [0.25, 0.3) is 0 Å². The third-order valence-electron chi connectivity index (χ3n) is 0.910. The summed E-state index contributed by atoms with van der Waals surface area (Å²) in [6, 6.07) is 0. The molecule has 0 aliphatic carbocycles. The standard InChI is InChI=1S/C4H7NO6.ClH.K.H/c5-11-4(10)2(7)1(6)3(8)9;;;/h1-2,6-7H,5H2,(H,8,9);1H;;/p+1. The number of hydrogen-bond donors (Lipinski definition) is 4. The first kappa shape index (κ1) is 19.3. The number of halogens is 1. The predicted octanol–water partition coefficient (Wildman–Crippen LogP) is -2.90. The summed E-state index contributed by atoms with van der Waals surface area (Å²) in [5, 5.41) is 25.1. The van der Waals surface area contributed by atoms with Crippen molar-refractivity contribution in [1.82, 2.24) is 0 Å². The summed E-state index contributed by atoms with van der Waals surface area (Å²) in [6.45, 7) is 0. The Morgan fingerprint density at radius 2 is 1.69 bits per heavy atom. The molecule has 0 aliphatic rings. The number of aliphatic hydroxyl groups excluding tert-OH is 2. The maximum atomic E-state index is 10.2. The molecule has 0 amide bonds. The summed E-state index contributed by atoms with van der Waals surface area (Å²) in [6.07, 6.45) is -4.37. The molecule has 5 N–H and O–H groups in total. The minimum atomic E-state index is -2.22. The molecule has 0 aromatic heterocycles. The zero-order valence-corrected chi connectivity index (χ0v) is 6.52. The van der Waals surface area contributed by atoms with Gasteiger partial charge in [0.05, 0.1) is 0 Å². The molecule has 0 heterocycles. The summed E-state index contributed by atoms with van der Waals surface area (Å²) in [7, 11) is 0. The van der Waals surface area contributed by atoms with Gasteiger partial charge in [-0.1, -0.05) is 0 Å². The van der Waals surface area contributed by atoms with Gasteiger partial charge >= 0.3 is 64.7 Å². The van der Waals surface area contributed by atoms with Crippen molar-refractivity contribution in [2.75, 3.05) is 0 Å². The van der Waals surface area contributed by atoms with E-state index < -0.39 is 24.1 Å². The van der Waals surface area contributed by atoms with E-state index in [2.05, 4.69) is 10.7 Å². The summed E-state index contributed by atoms with van der Waals surface area (Å²) >= 11 is 0. The van der Waals surface area contributed by atoms with E-state index in [1.54, 1.807) is 0 Å². The van der Waals surface area contributed by atoms with E-state index in [4.69, 9.17) is 15.3 Å². The minimum absolute atomic E-state index is 0. The molecular formula is C4H10ClKNO6+. The van der Waals surface area contributed by atoms with Gasteiger partial charge in [-0.2, -0.15) is 5.90 Å². The second kappa shape index (κ2) is 9.31. The van der Waals surface area contributed by atoms with Crippen LogP contribution in [0, 0.1) is 0 Å². The number of aliphatic hydroxyl groups is 2. The van der Waals surface area contributed by atoms with E-state index in [0.717, 1.165) is 0 Å². The molecule has 0 aromatic rings. The van der Waals surface area contributed by atoms with Crippen LogP contribution in [0.1, 0.15) is 1.43 Å². The van der Waals surface area contributed by atoms with E-state index in [1.807, 2.05) is 0 Å². The Bertz CT molecular complexity index is 183. The molecule has 2 unspecified atom stereocenters. The summed E-state index contributed by atoms with van der Waals surface area (Å²) in [4.78, 5) is 23.6. The van der Waals surface area contributed by atoms with Crippen LogP contribution in [0.5, 0.6) is 0 Å². The molecule has 0 bridgehead atoms. The number of carboxylic acid groups (broad SMARTS) is 1. The molecular weight excluding hydrogens is 233 g/mol. The Morgan fingerprint density at radius 1 is 1.31 bits per heavy atom. The van der Waals surface area contributed by atoms with Gasteiger partial charge in [0.2, 0.25) is 0 Å². The molecule has 0 saturated heterocycles. The summed E-state index contributed by atoms with van der Waals surface area (Å²) in [5.74, 6) is 1.16. The average molecular weight is 243 g/mol. The SMILES string of the molecule is Cl.NOC(=O)C(O)C(O)C(=O)O.[H+].[KH]. The number of rotatable bonds is 3. The van der Waals surface area contributed by atoms with Gasteiger partial charge in [0.1, 0.15) is 0 Å². The number of carboxylic acids is 1. The molecule has 0 aliphatic heterocycles. The normalized spacial score (nSPS) is 12.8. The van der Waals surface area contributed by atoms with E-state index in [9.17, 15) is 9.59 Å². The Balaban J connectivity index is -0.000000167. The van der Waals surface area contributed by atoms with Crippen molar-refractivity contribution >= 4 is 75.7 Å². The van der Waals surface area contributed by atoms with Gasteiger partial charge in [0.15, 0.2) is 12.2 Å². The number of carbonyl (C=O) groups excluding carboxylic acids is 1. The van der Waals surface area contributed by atoms with E-state index in [1.165, 1.54) is 0 Å². The fraction of sp³-hybridized carbons (Fsp3) is 0.500. The van der Waals surface area contributed by atoms with Gasteiger partial charge in [0, 0.05) is 0 Å². The van der Waals surface area contributed by atoms with Crippen molar-refractivity contribution in [1.29, 1.82) is 0 Å². The van der Waals surface area contributed by atoms with Crippen LogP contribution in [0.25, 0.3) is 0 Å². The van der Waals surface area contributed by atoms with Crippen LogP contribution >= 0.6 is 12.4 Å². The third-order valence-corrected chi connectivity index (χ3v) is 0.910. The van der Waals surface area contributed by atoms with Crippen LogP contribution < -0.4 is 5.90 Å². The van der Waals surface area contributed by atoms with Gasteiger partial charge in [-0.05, 0) is 0 Å². The average Bonchev–Trinajstić information content (AvgIpc) is 2.00. The van der Waals surface area contributed by atoms with Crippen LogP contribution in [-0.2, 0) is 14.4 Å². The van der Waals surface area contributed by atoms with Crippen LogP contribution in [-0.4, -0.2) is 90.9 Å². The molecule has 0 fully saturated rings. The summed E-state index contributed by atoms with van der Waals surface area (Å²) < 4.78 is 0. The van der Waals surface area contributed by atoms with Crippen molar-refractivity contribution in [3.8, 4) is 0 Å². The number of hydrogen-bond acceptors (Lipinski definition) is 6. The van der Waals surface area contributed by atoms with Gasteiger partial charge < -0.3 is 20.2 Å². The number of aliphatic carboxylic acids is 1. The van der Waals surface area contributed by atoms with Gasteiger partial charge in [-0.15, -0.1) is 12.4 Å². The van der Waals surface area contributed by atoms with Crippen LogP contribution in [0.3, 0.4) is 0 Å². The molecule has 0 aromatic carbocycles. The van der Waals surface area contributed by atoms with Crippen LogP contribution in [0.15, 0.2) is 0 Å². The van der Waals surface area contributed by atoms with Crippen molar-refractivity contribution in [3.63, 3.8) is 0 Å². The quantitative estimate of drug-likeness (QED) is 0.308. The Morgan fingerprint density at radius 3 is 1.92 bits per heavy atom. The zero-order chi connectivity index (χ0) is 9.02. The molecule has 7 nitrogen and oxygen atoms in total. The zero-order valence-electron chi connectivity index (χ0n) is 6.71. The van der Waals surface area contributed by atoms with Gasteiger partial charge in [-0.25, -0.2) is 9.59 Å². The van der Waals surface area contributed by atoms with E-state index in [0.29, 0.717) is 0 Å². The van der Waals surface area contributed by atoms with Gasteiger partial charge in [-0.3, -0.25) is 0 Å². The number of nitrogens with two attached hydrogens (primary N) is 1. The first-order valence-corrected chi connectivity index (χ1v) is 2.50. The second-order valence-electron chi connectivity index (χ2n) is 1.66. The Kier molecular flexibility index (Phi) is 13.8. The molecule has 0 spiro atoms. The van der Waals surface area contributed by atoms with Crippen LogP contribution in [0.4, 0.5) is 0 Å². The molecule has 13 heavy (non-hydrogen) atoms. The first-order valence-electron chi connectivity index (χ1n) is 2.50. The maximum absolute atomic E-state index is 10.2. The molecule has 0 radical (unpaired) electrons. The van der Waals surface area contributed by atoms with E-state index in [-0.39, 0.29) is 65.2 Å². The Labute approximate surface area is 124 Å². The van der Waals surface area contributed by atoms with Crippen molar-refractivity contribution < 1.29 is 31.2 Å². The molecule has 74 valence electrons.